The van der Waals surface area contributed by atoms with Crippen molar-refractivity contribution in [1.29, 1.82) is 0 Å². The van der Waals surface area contributed by atoms with Crippen LogP contribution in [0, 0.1) is 0 Å². The number of aromatic nitrogens is 2. The molecule has 33 heavy (non-hydrogen) atoms. The normalized spacial score (nSPS) is 24.8. The molecule has 0 spiro atoms. The van der Waals surface area contributed by atoms with Crippen molar-refractivity contribution >= 4 is 17.2 Å². The van der Waals surface area contributed by atoms with Crippen LogP contribution in [0.5, 0.6) is 0 Å². The first kappa shape index (κ1) is 23.1. The maximum Gasteiger partial charge on any atom is 0.248 e. The molecule has 5 rings (SSSR count). The quantitative estimate of drug-likeness (QED) is 0.709. The van der Waals surface area contributed by atoms with Crippen molar-refractivity contribution in [3.05, 3.63) is 40.5 Å². The Labute approximate surface area is 198 Å². The van der Waals surface area contributed by atoms with E-state index in [9.17, 15) is 13.9 Å². The van der Waals surface area contributed by atoms with Crippen LogP contribution in [0.3, 0.4) is 0 Å². The minimum absolute atomic E-state index is 0.00992. The fraction of sp³-hybridized carbons (Fsp3) is 0.667. The van der Waals surface area contributed by atoms with E-state index in [0.717, 1.165) is 62.3 Å². The van der Waals surface area contributed by atoms with Crippen LogP contribution in [-0.4, -0.2) is 76.1 Å². The lowest BCUT2D eigenvalue weighted by Crippen LogP contribution is -2.49. The van der Waals surface area contributed by atoms with Gasteiger partial charge in [0.2, 0.25) is 5.92 Å². The van der Waals surface area contributed by atoms with Crippen molar-refractivity contribution in [2.45, 2.75) is 62.6 Å². The Bertz CT molecular complexity index is 901. The van der Waals surface area contributed by atoms with Crippen molar-refractivity contribution in [2.75, 3.05) is 44.2 Å². The molecular formula is C24H33F2N5OS. The molecule has 2 aromatic rings. The van der Waals surface area contributed by atoms with Gasteiger partial charge in [0, 0.05) is 69.7 Å². The first-order valence-corrected chi connectivity index (χ1v) is 13.0. The molecule has 1 saturated carbocycles. The van der Waals surface area contributed by atoms with E-state index in [4.69, 9.17) is 4.98 Å². The van der Waals surface area contributed by atoms with Crippen molar-refractivity contribution in [1.82, 2.24) is 19.8 Å². The number of nitrogens with zero attached hydrogens (tertiary/aromatic N) is 5. The third kappa shape index (κ3) is 5.37. The molecule has 0 radical (unpaired) electrons. The Kier molecular flexibility index (Phi) is 6.66. The number of piperidine rings is 1. The second-order valence-corrected chi connectivity index (χ2v) is 10.7. The molecule has 2 aromatic heterocycles. The number of alkyl halides is 2. The van der Waals surface area contributed by atoms with E-state index in [1.165, 1.54) is 0 Å². The molecule has 0 bridgehead atoms. The van der Waals surface area contributed by atoms with Crippen molar-refractivity contribution in [3.8, 4) is 0 Å². The lowest BCUT2D eigenvalue weighted by molar-refractivity contribution is -0.0751. The minimum atomic E-state index is -2.49. The molecule has 1 N–H and O–H groups in total. The van der Waals surface area contributed by atoms with E-state index in [0.29, 0.717) is 25.7 Å². The average molecular weight is 478 g/mol. The van der Waals surface area contributed by atoms with Gasteiger partial charge in [0.05, 0.1) is 12.2 Å². The number of likely N-dealkylation sites (tertiary alicyclic amines) is 1. The van der Waals surface area contributed by atoms with Crippen LogP contribution in [0.1, 0.15) is 49.2 Å². The number of hydrogen-bond donors (Lipinski definition) is 1. The maximum absolute atomic E-state index is 13.5. The first-order valence-electron chi connectivity index (χ1n) is 12.1. The molecule has 1 aliphatic carbocycles. The fourth-order valence-corrected chi connectivity index (χ4v) is 6.30. The summed E-state index contributed by atoms with van der Waals surface area (Å²) in [7, 11) is 0. The summed E-state index contributed by atoms with van der Waals surface area (Å²) in [6.07, 6.45) is 4.16. The van der Waals surface area contributed by atoms with Crippen LogP contribution in [0.25, 0.3) is 0 Å². The Morgan fingerprint density at radius 2 is 1.73 bits per heavy atom. The van der Waals surface area contributed by atoms with Crippen LogP contribution in [-0.2, 0) is 12.1 Å². The number of pyridine rings is 1. The standard InChI is InChI=1S/C24H33F2N5OS/c25-24(26)6-4-19(5-7-24)30-11-8-23(32,9-12-30)20-18-33-22(28-20)17-29-13-15-31(16-14-29)21-3-1-2-10-27-21/h1-3,10,18-19,32H,4-9,11-17H2. The Hall–Kier alpha value is -1.68. The predicted octanol–water partition coefficient (Wildman–Crippen LogP) is 3.72. The summed E-state index contributed by atoms with van der Waals surface area (Å²) in [5.41, 5.74) is -0.119. The minimum Gasteiger partial charge on any atom is -0.383 e. The molecule has 0 aromatic carbocycles. The lowest BCUT2D eigenvalue weighted by Gasteiger charge is -2.43. The molecule has 6 nitrogen and oxygen atoms in total. The number of rotatable bonds is 5. The average Bonchev–Trinajstić information content (AvgIpc) is 3.30. The predicted molar refractivity (Wildman–Crippen MR) is 126 cm³/mol. The summed E-state index contributed by atoms with van der Waals surface area (Å²) in [4.78, 5) is 16.3. The monoisotopic (exact) mass is 477 g/mol. The lowest BCUT2D eigenvalue weighted by atomic mass is 9.85. The van der Waals surface area contributed by atoms with Crippen LogP contribution in [0.4, 0.5) is 14.6 Å². The molecule has 2 aliphatic heterocycles. The summed E-state index contributed by atoms with van der Waals surface area (Å²) < 4.78 is 27.0. The van der Waals surface area contributed by atoms with E-state index in [-0.39, 0.29) is 18.9 Å². The number of thiazole rings is 1. The number of anilines is 1. The molecule has 0 unspecified atom stereocenters. The van der Waals surface area contributed by atoms with Gasteiger partial charge in [-0.25, -0.2) is 18.7 Å². The second kappa shape index (κ2) is 9.52. The smallest absolute Gasteiger partial charge is 0.248 e. The van der Waals surface area contributed by atoms with E-state index < -0.39 is 11.5 Å². The Morgan fingerprint density at radius 3 is 2.39 bits per heavy atom. The van der Waals surface area contributed by atoms with Crippen molar-refractivity contribution in [3.63, 3.8) is 0 Å². The first-order chi connectivity index (χ1) is 15.9. The highest BCUT2D eigenvalue weighted by Gasteiger charge is 2.41. The molecule has 3 aliphatic rings. The number of piperazine rings is 1. The summed E-state index contributed by atoms with van der Waals surface area (Å²) >= 11 is 1.63. The largest absolute Gasteiger partial charge is 0.383 e. The zero-order valence-electron chi connectivity index (χ0n) is 19.0. The van der Waals surface area contributed by atoms with Gasteiger partial charge in [0.15, 0.2) is 0 Å². The van der Waals surface area contributed by atoms with Gasteiger partial charge < -0.3 is 14.9 Å². The highest BCUT2D eigenvalue weighted by Crippen LogP contribution is 2.39. The highest BCUT2D eigenvalue weighted by atomic mass is 32.1. The van der Waals surface area contributed by atoms with E-state index in [1.54, 1.807) is 11.3 Å². The summed E-state index contributed by atoms with van der Waals surface area (Å²) in [6.45, 7) is 6.11. The second-order valence-electron chi connectivity index (χ2n) is 9.73. The third-order valence-corrected chi connectivity index (χ3v) is 8.39. The van der Waals surface area contributed by atoms with Gasteiger partial charge in [-0.05, 0) is 37.8 Å². The summed E-state index contributed by atoms with van der Waals surface area (Å²) in [5, 5.41) is 14.3. The van der Waals surface area contributed by atoms with Gasteiger partial charge in [0.1, 0.15) is 16.4 Å². The molecular weight excluding hydrogens is 444 g/mol. The molecule has 0 amide bonds. The van der Waals surface area contributed by atoms with Crippen LogP contribution >= 0.6 is 11.3 Å². The van der Waals surface area contributed by atoms with Gasteiger partial charge in [-0.3, -0.25) is 4.90 Å². The zero-order chi connectivity index (χ0) is 22.9. The molecule has 4 heterocycles. The number of aliphatic hydroxyl groups is 1. The SMILES string of the molecule is OC1(c2csc(CN3CCN(c4ccccn4)CC3)n2)CCN(C2CCC(F)(F)CC2)CC1. The van der Waals surface area contributed by atoms with Crippen LogP contribution in [0.2, 0.25) is 0 Å². The molecule has 3 fully saturated rings. The maximum atomic E-state index is 13.5. The Morgan fingerprint density at radius 1 is 1.00 bits per heavy atom. The molecule has 2 saturated heterocycles. The van der Waals surface area contributed by atoms with Gasteiger partial charge in [-0.15, -0.1) is 11.3 Å². The summed E-state index contributed by atoms with van der Waals surface area (Å²) in [6, 6.07) is 6.24. The van der Waals surface area contributed by atoms with Gasteiger partial charge in [0.25, 0.3) is 0 Å². The molecule has 180 valence electrons. The van der Waals surface area contributed by atoms with Gasteiger partial charge in [-0.1, -0.05) is 6.07 Å². The zero-order valence-corrected chi connectivity index (χ0v) is 19.8. The topological polar surface area (TPSA) is 55.7 Å². The van der Waals surface area contributed by atoms with E-state index >= 15 is 0 Å². The van der Waals surface area contributed by atoms with E-state index in [2.05, 4.69) is 25.8 Å². The van der Waals surface area contributed by atoms with Crippen molar-refractivity contribution in [2.24, 2.45) is 0 Å². The Balaban J connectivity index is 1.11. The third-order valence-electron chi connectivity index (χ3n) is 7.56. The molecule has 9 heteroatoms. The van der Waals surface area contributed by atoms with E-state index in [1.807, 2.05) is 23.7 Å². The summed E-state index contributed by atoms with van der Waals surface area (Å²) in [5.74, 6) is -1.46. The number of halogens is 2. The fourth-order valence-electron chi connectivity index (χ4n) is 5.37. The van der Waals surface area contributed by atoms with Gasteiger partial charge in [-0.2, -0.15) is 0 Å². The van der Waals surface area contributed by atoms with Crippen LogP contribution < -0.4 is 4.90 Å². The number of hydrogen-bond acceptors (Lipinski definition) is 7. The molecule has 0 atom stereocenters. The highest BCUT2D eigenvalue weighted by molar-refractivity contribution is 7.09. The van der Waals surface area contributed by atoms with Crippen molar-refractivity contribution < 1.29 is 13.9 Å². The van der Waals surface area contributed by atoms with Crippen LogP contribution in [0.15, 0.2) is 29.8 Å². The van der Waals surface area contributed by atoms with Gasteiger partial charge >= 0.3 is 0 Å².